The van der Waals surface area contributed by atoms with Gasteiger partial charge in [0.2, 0.25) is 0 Å². The summed E-state index contributed by atoms with van der Waals surface area (Å²) in [7, 11) is 0. The van der Waals surface area contributed by atoms with Crippen LogP contribution in [0.5, 0.6) is 0 Å². The van der Waals surface area contributed by atoms with Gasteiger partial charge in [-0.15, -0.1) is 0 Å². The van der Waals surface area contributed by atoms with E-state index in [4.69, 9.17) is 0 Å². The first kappa shape index (κ1) is 28.4. The minimum atomic E-state index is 1.00. The van der Waals surface area contributed by atoms with E-state index in [0.29, 0.717) is 0 Å². The molecule has 10 rings (SSSR count). The topological polar surface area (TPSA) is 25.8 Å². The van der Waals surface area contributed by atoms with Gasteiger partial charge in [-0.3, -0.25) is 0 Å². The second-order valence-electron chi connectivity index (χ2n) is 13.0. The van der Waals surface area contributed by atoms with Crippen molar-refractivity contribution in [2.45, 2.75) is 0 Å². The third-order valence-electron chi connectivity index (χ3n) is 10.2. The van der Waals surface area contributed by atoms with E-state index in [1.54, 1.807) is 6.33 Å². The quantitative estimate of drug-likeness (QED) is 0.142. The van der Waals surface area contributed by atoms with Gasteiger partial charge in [-0.25, -0.2) is 9.97 Å². The number of hydrogen-bond acceptors (Lipinski definition) is 2. The van der Waals surface area contributed by atoms with Crippen molar-refractivity contribution in [3.05, 3.63) is 183 Å². The molecule has 0 aliphatic carbocycles. The maximum Gasteiger partial charge on any atom is 0.115 e. The Kier molecular flexibility index (Phi) is 6.53. The van der Waals surface area contributed by atoms with Gasteiger partial charge in [0.1, 0.15) is 6.33 Å². The summed E-state index contributed by atoms with van der Waals surface area (Å²) in [4.78, 5) is 8.96. The highest BCUT2D eigenvalue weighted by Crippen LogP contribution is 2.47. The number of aromatic nitrogens is 2. The molecule has 0 bridgehead atoms. The summed E-state index contributed by atoms with van der Waals surface area (Å²) in [5.74, 6) is 0. The summed E-state index contributed by atoms with van der Waals surface area (Å²) in [6.07, 6.45) is 5.49. The van der Waals surface area contributed by atoms with Gasteiger partial charge < -0.3 is 0 Å². The second kappa shape index (κ2) is 11.5. The number of nitrogens with zero attached hydrogens (tertiary/aromatic N) is 2. The first-order valence-corrected chi connectivity index (χ1v) is 17.0. The van der Waals surface area contributed by atoms with Crippen molar-refractivity contribution < 1.29 is 0 Å². The first-order chi connectivity index (χ1) is 24.8. The van der Waals surface area contributed by atoms with Gasteiger partial charge in [0.15, 0.2) is 0 Å². The lowest BCUT2D eigenvalue weighted by molar-refractivity contribution is 1.17. The lowest BCUT2D eigenvalue weighted by atomic mass is 9.83. The molecule has 0 unspecified atom stereocenters. The molecule has 50 heavy (non-hydrogen) atoms. The molecule has 2 nitrogen and oxygen atoms in total. The van der Waals surface area contributed by atoms with Gasteiger partial charge in [-0.05, 0) is 112 Å². The molecule has 1 aromatic heterocycles. The molecule has 0 N–H and O–H groups in total. The van der Waals surface area contributed by atoms with Gasteiger partial charge >= 0.3 is 0 Å². The minimum Gasteiger partial charge on any atom is -0.244 e. The summed E-state index contributed by atoms with van der Waals surface area (Å²) >= 11 is 0. The van der Waals surface area contributed by atoms with E-state index < -0.39 is 0 Å². The molecule has 0 saturated carbocycles. The van der Waals surface area contributed by atoms with Crippen LogP contribution in [0.4, 0.5) is 0 Å². The highest BCUT2D eigenvalue weighted by Gasteiger charge is 2.20. The fourth-order valence-corrected chi connectivity index (χ4v) is 7.88. The van der Waals surface area contributed by atoms with Crippen molar-refractivity contribution >= 4 is 53.9 Å². The van der Waals surface area contributed by atoms with E-state index in [0.717, 1.165) is 11.1 Å². The Hall–Kier alpha value is -6.64. The Morgan fingerprint density at radius 1 is 0.280 bits per heavy atom. The molecule has 0 spiro atoms. The molecule has 9 aromatic carbocycles. The van der Waals surface area contributed by atoms with E-state index >= 15 is 0 Å². The molecule has 2 heteroatoms. The van der Waals surface area contributed by atoms with Gasteiger partial charge in [0, 0.05) is 23.5 Å². The van der Waals surface area contributed by atoms with Gasteiger partial charge in [0.25, 0.3) is 0 Å². The van der Waals surface area contributed by atoms with Crippen LogP contribution in [0.3, 0.4) is 0 Å². The van der Waals surface area contributed by atoms with Crippen molar-refractivity contribution in [2.24, 2.45) is 0 Å². The maximum absolute atomic E-state index is 4.48. The Morgan fingerprint density at radius 2 is 0.860 bits per heavy atom. The summed E-state index contributed by atoms with van der Waals surface area (Å²) in [6, 6.07) is 59.9. The van der Waals surface area contributed by atoms with E-state index in [9.17, 15) is 0 Å². The van der Waals surface area contributed by atoms with Crippen LogP contribution >= 0.6 is 0 Å². The SMILES string of the molecule is c1ccc(-c2ccc3c(-c4cccc5c4ccc4cc6ccccc6cc45)c4cc(-c5ccccc5)ccc4c(-c4cncnc4)c3c2)cc1. The van der Waals surface area contributed by atoms with E-state index in [2.05, 4.69) is 174 Å². The zero-order valence-electron chi connectivity index (χ0n) is 27.2. The van der Waals surface area contributed by atoms with Crippen LogP contribution in [0.1, 0.15) is 0 Å². The molecule has 0 aliphatic heterocycles. The average Bonchev–Trinajstić information content (AvgIpc) is 3.19. The van der Waals surface area contributed by atoms with Crippen LogP contribution in [0.25, 0.3) is 98.4 Å². The van der Waals surface area contributed by atoms with Gasteiger partial charge in [-0.2, -0.15) is 0 Å². The van der Waals surface area contributed by atoms with Crippen LogP contribution in [0.15, 0.2) is 183 Å². The third-order valence-corrected chi connectivity index (χ3v) is 10.2. The number of rotatable bonds is 4. The largest absolute Gasteiger partial charge is 0.244 e. The van der Waals surface area contributed by atoms with Crippen molar-refractivity contribution in [1.29, 1.82) is 0 Å². The maximum atomic E-state index is 4.48. The van der Waals surface area contributed by atoms with Crippen LogP contribution in [-0.2, 0) is 0 Å². The summed E-state index contributed by atoms with van der Waals surface area (Å²) in [5, 5.41) is 12.3. The van der Waals surface area contributed by atoms with E-state index in [-0.39, 0.29) is 0 Å². The van der Waals surface area contributed by atoms with Gasteiger partial charge in [0.05, 0.1) is 0 Å². The van der Waals surface area contributed by atoms with Crippen LogP contribution in [-0.4, -0.2) is 9.97 Å². The van der Waals surface area contributed by atoms with Crippen LogP contribution < -0.4 is 0 Å². The number of benzene rings is 9. The summed E-state index contributed by atoms with van der Waals surface area (Å²) < 4.78 is 0. The molecule has 0 radical (unpaired) electrons. The van der Waals surface area contributed by atoms with Gasteiger partial charge in [-0.1, -0.05) is 140 Å². The standard InChI is InChI=1S/C48H30N2/c1-3-10-31(11-4-1)35-19-23-43-45(26-35)47(38-28-49-30-50-29-38)42-22-18-36(32-12-5-2-6-13-32)27-46(42)48(43)41-17-9-16-39-40(41)21-20-37-24-33-14-7-8-15-34(33)25-44(37)39/h1-30H. The highest BCUT2D eigenvalue weighted by molar-refractivity contribution is 6.26. The Bertz CT molecular complexity index is 2900. The zero-order chi connectivity index (χ0) is 33.0. The summed E-state index contributed by atoms with van der Waals surface area (Å²) in [5.41, 5.74) is 9.36. The first-order valence-electron chi connectivity index (χ1n) is 17.0. The monoisotopic (exact) mass is 634 g/mol. The van der Waals surface area contributed by atoms with Crippen molar-refractivity contribution in [3.8, 4) is 44.5 Å². The molecule has 232 valence electrons. The molecule has 0 amide bonds. The lowest BCUT2D eigenvalue weighted by Gasteiger charge is -2.20. The highest BCUT2D eigenvalue weighted by atomic mass is 14.8. The van der Waals surface area contributed by atoms with Crippen LogP contribution in [0.2, 0.25) is 0 Å². The predicted octanol–water partition coefficient (Wildman–Crippen LogP) is 12.9. The Labute approximate surface area is 290 Å². The molecule has 0 fully saturated rings. The fraction of sp³-hybridized carbons (Fsp3) is 0. The fourth-order valence-electron chi connectivity index (χ4n) is 7.88. The minimum absolute atomic E-state index is 1.00. The van der Waals surface area contributed by atoms with Crippen molar-refractivity contribution in [2.75, 3.05) is 0 Å². The van der Waals surface area contributed by atoms with Crippen molar-refractivity contribution in [3.63, 3.8) is 0 Å². The average molecular weight is 635 g/mol. The third kappa shape index (κ3) is 4.57. The zero-order valence-corrected chi connectivity index (χ0v) is 27.2. The predicted molar refractivity (Wildman–Crippen MR) is 211 cm³/mol. The molecule has 1 heterocycles. The number of hydrogen-bond donors (Lipinski definition) is 0. The van der Waals surface area contributed by atoms with E-state index in [1.807, 2.05) is 12.4 Å². The smallest absolute Gasteiger partial charge is 0.115 e. The number of fused-ring (bicyclic) bond motifs is 6. The van der Waals surface area contributed by atoms with E-state index in [1.165, 1.54) is 87.2 Å². The molecular formula is C48H30N2. The molecule has 10 aromatic rings. The van der Waals surface area contributed by atoms with Crippen LogP contribution in [0, 0.1) is 0 Å². The lowest BCUT2D eigenvalue weighted by Crippen LogP contribution is -1.94. The molecule has 0 aliphatic rings. The molecule has 0 saturated heterocycles. The van der Waals surface area contributed by atoms with Crippen molar-refractivity contribution in [1.82, 2.24) is 9.97 Å². The summed E-state index contributed by atoms with van der Waals surface area (Å²) in [6.45, 7) is 0. The Morgan fingerprint density at radius 3 is 1.54 bits per heavy atom. The Balaban J connectivity index is 1.36. The normalized spacial score (nSPS) is 11.6. The second-order valence-corrected chi connectivity index (χ2v) is 13.0. The molecule has 0 atom stereocenters. The molecular weight excluding hydrogens is 605 g/mol.